The third-order valence-corrected chi connectivity index (χ3v) is 3.87. The van der Waals surface area contributed by atoms with E-state index in [1.807, 2.05) is 19.2 Å². The van der Waals surface area contributed by atoms with Gasteiger partial charge in [0.05, 0.1) is 0 Å². The van der Waals surface area contributed by atoms with Crippen LogP contribution in [0.15, 0.2) is 35.9 Å². The highest BCUT2D eigenvalue weighted by Crippen LogP contribution is 2.24. The smallest absolute Gasteiger partial charge is 0.0438 e. The number of hydrogen-bond donors (Lipinski definition) is 1. The fourth-order valence-corrected chi connectivity index (χ4v) is 2.69. The zero-order chi connectivity index (χ0) is 12.1. The van der Waals surface area contributed by atoms with Crippen molar-refractivity contribution in [3.63, 3.8) is 0 Å². The van der Waals surface area contributed by atoms with Crippen molar-refractivity contribution < 1.29 is 0 Å². The summed E-state index contributed by atoms with van der Waals surface area (Å²) < 4.78 is 0. The molecule has 17 heavy (non-hydrogen) atoms. The normalized spacial score (nSPS) is 17.6. The van der Waals surface area contributed by atoms with E-state index >= 15 is 0 Å². The molecule has 1 aliphatic rings. The number of rotatable bonds is 4. The Kier molecular flexibility index (Phi) is 4.64. The molecule has 1 unspecified atom stereocenters. The van der Waals surface area contributed by atoms with Gasteiger partial charge in [0.2, 0.25) is 0 Å². The van der Waals surface area contributed by atoms with E-state index in [0.717, 1.165) is 11.4 Å². The molecule has 0 spiro atoms. The van der Waals surface area contributed by atoms with E-state index in [-0.39, 0.29) is 0 Å². The summed E-state index contributed by atoms with van der Waals surface area (Å²) in [7, 11) is 2.04. The maximum atomic E-state index is 6.22. The van der Waals surface area contributed by atoms with Crippen molar-refractivity contribution in [2.75, 3.05) is 7.05 Å². The van der Waals surface area contributed by atoms with Gasteiger partial charge in [-0.05, 0) is 50.8 Å². The minimum Gasteiger partial charge on any atom is -0.313 e. The lowest BCUT2D eigenvalue weighted by atomic mass is 9.90. The zero-order valence-corrected chi connectivity index (χ0v) is 11.1. The van der Waals surface area contributed by atoms with Crippen LogP contribution in [0.2, 0.25) is 5.02 Å². The summed E-state index contributed by atoms with van der Waals surface area (Å²) in [6.45, 7) is 0. The van der Waals surface area contributed by atoms with E-state index in [1.165, 1.54) is 31.2 Å². The van der Waals surface area contributed by atoms with Gasteiger partial charge in [0.1, 0.15) is 0 Å². The molecule has 0 amide bonds. The summed E-state index contributed by atoms with van der Waals surface area (Å²) in [6, 6.07) is 8.58. The van der Waals surface area contributed by atoms with Crippen LogP contribution in [-0.4, -0.2) is 13.1 Å². The first-order valence-corrected chi connectivity index (χ1v) is 6.78. The molecule has 2 rings (SSSR count). The predicted octanol–water partition coefficient (Wildman–Crippen LogP) is 3.97. The van der Waals surface area contributed by atoms with Gasteiger partial charge in [0, 0.05) is 11.1 Å². The molecule has 0 heterocycles. The summed E-state index contributed by atoms with van der Waals surface area (Å²) in [5, 5.41) is 4.30. The standard InChI is InChI=1S/C15H20ClN/c1-17-15(12-7-3-2-4-8-12)11-13-9-5-6-10-14(13)16/h5-7,9-10,15,17H,2-4,8,11H2,1H3. The van der Waals surface area contributed by atoms with Crippen LogP contribution in [-0.2, 0) is 6.42 Å². The van der Waals surface area contributed by atoms with Crippen molar-refractivity contribution in [2.24, 2.45) is 0 Å². The number of allylic oxidation sites excluding steroid dienone is 1. The van der Waals surface area contributed by atoms with E-state index < -0.39 is 0 Å². The van der Waals surface area contributed by atoms with Crippen molar-refractivity contribution in [2.45, 2.75) is 38.1 Å². The number of likely N-dealkylation sites (N-methyl/N-ethyl adjacent to an activating group) is 1. The highest BCUT2D eigenvalue weighted by atomic mass is 35.5. The monoisotopic (exact) mass is 249 g/mol. The average Bonchev–Trinajstić information content (AvgIpc) is 2.39. The van der Waals surface area contributed by atoms with Crippen LogP contribution >= 0.6 is 11.6 Å². The molecule has 0 bridgehead atoms. The molecule has 1 aromatic carbocycles. The lowest BCUT2D eigenvalue weighted by Crippen LogP contribution is -2.30. The van der Waals surface area contributed by atoms with Crippen molar-refractivity contribution in [3.05, 3.63) is 46.5 Å². The number of halogens is 1. The maximum Gasteiger partial charge on any atom is 0.0438 e. The fraction of sp³-hybridized carbons (Fsp3) is 0.467. The molecule has 0 fully saturated rings. The Morgan fingerprint density at radius 3 is 2.76 bits per heavy atom. The van der Waals surface area contributed by atoms with Crippen LogP contribution in [0, 0.1) is 0 Å². The van der Waals surface area contributed by atoms with Gasteiger partial charge in [-0.2, -0.15) is 0 Å². The van der Waals surface area contributed by atoms with E-state index in [1.54, 1.807) is 5.57 Å². The molecular weight excluding hydrogens is 230 g/mol. The predicted molar refractivity (Wildman–Crippen MR) is 74.6 cm³/mol. The molecule has 2 heteroatoms. The highest BCUT2D eigenvalue weighted by Gasteiger charge is 2.15. The second-order valence-corrected chi connectivity index (χ2v) is 5.07. The minimum absolute atomic E-state index is 0.440. The Labute approximate surface area is 109 Å². The molecule has 0 aromatic heterocycles. The van der Waals surface area contributed by atoms with Crippen molar-refractivity contribution in [3.8, 4) is 0 Å². The first kappa shape index (κ1) is 12.7. The van der Waals surface area contributed by atoms with Gasteiger partial charge in [-0.25, -0.2) is 0 Å². The molecule has 0 saturated heterocycles. The van der Waals surface area contributed by atoms with Crippen LogP contribution in [0.1, 0.15) is 31.2 Å². The molecule has 1 nitrogen and oxygen atoms in total. The van der Waals surface area contributed by atoms with Gasteiger partial charge in [0.15, 0.2) is 0 Å². The number of nitrogens with one attached hydrogen (secondary N) is 1. The SMILES string of the molecule is CNC(Cc1ccccc1Cl)C1=CCCCC1. The largest absolute Gasteiger partial charge is 0.313 e. The van der Waals surface area contributed by atoms with Crippen LogP contribution in [0.4, 0.5) is 0 Å². The Bertz CT molecular complexity index is 398. The fourth-order valence-electron chi connectivity index (χ4n) is 2.48. The van der Waals surface area contributed by atoms with Crippen LogP contribution in [0.25, 0.3) is 0 Å². The third kappa shape index (κ3) is 3.34. The summed E-state index contributed by atoms with van der Waals surface area (Å²) in [5.74, 6) is 0. The molecule has 1 aromatic rings. The van der Waals surface area contributed by atoms with Gasteiger partial charge < -0.3 is 5.32 Å². The lowest BCUT2D eigenvalue weighted by Gasteiger charge is -2.23. The second-order valence-electron chi connectivity index (χ2n) is 4.66. The second kappa shape index (κ2) is 6.23. The van der Waals surface area contributed by atoms with Crippen LogP contribution in [0.5, 0.6) is 0 Å². The first-order valence-electron chi connectivity index (χ1n) is 6.41. The van der Waals surface area contributed by atoms with Crippen molar-refractivity contribution >= 4 is 11.6 Å². The average molecular weight is 250 g/mol. The van der Waals surface area contributed by atoms with Crippen LogP contribution in [0.3, 0.4) is 0 Å². The van der Waals surface area contributed by atoms with Crippen molar-refractivity contribution in [1.29, 1.82) is 0 Å². The molecule has 1 aliphatic carbocycles. The van der Waals surface area contributed by atoms with E-state index in [4.69, 9.17) is 11.6 Å². The summed E-state index contributed by atoms with van der Waals surface area (Å²) >= 11 is 6.22. The van der Waals surface area contributed by atoms with E-state index in [9.17, 15) is 0 Å². The lowest BCUT2D eigenvalue weighted by molar-refractivity contribution is 0.569. The summed E-state index contributed by atoms with van der Waals surface area (Å²) in [5.41, 5.74) is 2.79. The maximum absolute atomic E-state index is 6.22. The summed E-state index contributed by atoms with van der Waals surface area (Å²) in [6.07, 6.45) is 8.52. The first-order chi connectivity index (χ1) is 8.31. The number of benzene rings is 1. The molecule has 92 valence electrons. The van der Waals surface area contributed by atoms with Gasteiger partial charge >= 0.3 is 0 Å². The molecule has 0 radical (unpaired) electrons. The quantitative estimate of drug-likeness (QED) is 0.797. The van der Waals surface area contributed by atoms with Gasteiger partial charge in [-0.15, -0.1) is 0 Å². The van der Waals surface area contributed by atoms with Crippen molar-refractivity contribution in [1.82, 2.24) is 5.32 Å². The molecule has 0 saturated carbocycles. The Morgan fingerprint density at radius 1 is 1.29 bits per heavy atom. The Balaban J connectivity index is 2.09. The molecule has 0 aliphatic heterocycles. The Morgan fingerprint density at radius 2 is 2.12 bits per heavy atom. The molecule has 1 atom stereocenters. The highest BCUT2D eigenvalue weighted by molar-refractivity contribution is 6.31. The third-order valence-electron chi connectivity index (χ3n) is 3.50. The molecule has 1 N–H and O–H groups in total. The van der Waals surface area contributed by atoms with E-state index in [2.05, 4.69) is 23.5 Å². The van der Waals surface area contributed by atoms with Gasteiger partial charge in [-0.3, -0.25) is 0 Å². The van der Waals surface area contributed by atoms with Gasteiger partial charge in [-0.1, -0.05) is 41.4 Å². The topological polar surface area (TPSA) is 12.0 Å². The van der Waals surface area contributed by atoms with E-state index in [0.29, 0.717) is 6.04 Å². The number of hydrogen-bond acceptors (Lipinski definition) is 1. The van der Waals surface area contributed by atoms with Gasteiger partial charge in [0.25, 0.3) is 0 Å². The zero-order valence-electron chi connectivity index (χ0n) is 10.4. The Hall–Kier alpha value is -0.790. The minimum atomic E-state index is 0.440. The molecular formula is C15H20ClN. The van der Waals surface area contributed by atoms with Crippen LogP contribution < -0.4 is 5.32 Å². The summed E-state index contributed by atoms with van der Waals surface area (Å²) in [4.78, 5) is 0.